The minimum Gasteiger partial charge on any atom is -0.493 e. The summed E-state index contributed by atoms with van der Waals surface area (Å²) in [6.45, 7) is 2.80. The number of piperidine rings is 1. The maximum atomic E-state index is 12.8. The molecule has 5 heteroatoms. The van der Waals surface area contributed by atoms with Crippen molar-refractivity contribution in [3.8, 4) is 11.5 Å². The van der Waals surface area contributed by atoms with Gasteiger partial charge in [0.05, 0.1) is 13.0 Å². The van der Waals surface area contributed by atoms with E-state index >= 15 is 0 Å². The van der Waals surface area contributed by atoms with Gasteiger partial charge in [-0.25, -0.2) is 0 Å². The third-order valence-electron chi connectivity index (χ3n) is 9.32. The molecule has 7 rings (SSSR count). The van der Waals surface area contributed by atoms with Crippen molar-refractivity contribution in [2.45, 2.75) is 62.2 Å². The Bertz CT molecular complexity index is 899. The average Bonchev–Trinajstić information content (AvgIpc) is 3.07. The second-order valence-corrected chi connectivity index (χ2v) is 9.73. The van der Waals surface area contributed by atoms with Crippen molar-refractivity contribution in [3.63, 3.8) is 0 Å². The molecule has 1 aromatic carbocycles. The van der Waals surface area contributed by atoms with Gasteiger partial charge in [-0.1, -0.05) is 6.07 Å². The summed E-state index contributed by atoms with van der Waals surface area (Å²) in [6.07, 6.45) is 4.91. The Morgan fingerprint density at radius 1 is 1.25 bits per heavy atom. The molecule has 1 saturated heterocycles. The van der Waals surface area contributed by atoms with Crippen LogP contribution in [-0.2, 0) is 21.4 Å². The fraction of sp³-hybridized carbons (Fsp3) is 0.696. The average molecular weight is 383 g/mol. The lowest BCUT2D eigenvalue weighted by atomic mass is 9.34. The van der Waals surface area contributed by atoms with Crippen LogP contribution in [0, 0.1) is 11.3 Å². The van der Waals surface area contributed by atoms with Crippen LogP contribution in [0.15, 0.2) is 12.1 Å². The molecule has 2 heterocycles. The summed E-state index contributed by atoms with van der Waals surface area (Å²) in [5, 5.41) is 0. The number of likely N-dealkylation sites (N-methyl/N-ethyl adjacent to an activating group) is 1. The highest BCUT2D eigenvalue weighted by atomic mass is 16.6. The number of rotatable bonds is 3. The minimum absolute atomic E-state index is 0.0676. The normalized spacial score (nSPS) is 44.8. The summed E-state index contributed by atoms with van der Waals surface area (Å²) < 4.78 is 18.8. The molecule has 5 nitrogen and oxygen atoms in total. The number of methoxy groups -OCH3 is 2. The maximum Gasteiger partial charge on any atom is 0.165 e. The lowest BCUT2D eigenvalue weighted by Gasteiger charge is -2.73. The minimum atomic E-state index is -0.535. The summed E-state index contributed by atoms with van der Waals surface area (Å²) in [5.41, 5.74) is 2.25. The summed E-state index contributed by atoms with van der Waals surface area (Å²) >= 11 is 0. The number of hydrogen-bond donors (Lipinski definition) is 0. The summed E-state index contributed by atoms with van der Waals surface area (Å²) in [4.78, 5) is 15.4. The number of ketones is 1. The smallest absolute Gasteiger partial charge is 0.165 e. The molecular formula is C23H29NO4. The number of carbonyl (C=O) groups excluding carboxylic acids is 1. The van der Waals surface area contributed by atoms with Gasteiger partial charge in [0.15, 0.2) is 11.5 Å². The number of hydrogen-bond acceptors (Lipinski definition) is 5. The van der Waals surface area contributed by atoms with E-state index in [4.69, 9.17) is 14.2 Å². The Morgan fingerprint density at radius 3 is 2.79 bits per heavy atom. The summed E-state index contributed by atoms with van der Waals surface area (Å²) in [6, 6.07) is 4.75. The van der Waals surface area contributed by atoms with E-state index in [-0.39, 0.29) is 28.6 Å². The molecule has 0 amide bonds. The van der Waals surface area contributed by atoms with Gasteiger partial charge in [-0.05, 0) is 64.3 Å². The lowest BCUT2D eigenvalue weighted by Crippen LogP contribution is -2.81. The molecule has 0 radical (unpaired) electrons. The lowest BCUT2D eigenvalue weighted by molar-refractivity contribution is -0.270. The van der Waals surface area contributed by atoms with Crippen LogP contribution in [0.3, 0.4) is 0 Å². The van der Waals surface area contributed by atoms with Crippen LogP contribution in [0.4, 0.5) is 0 Å². The molecule has 0 N–H and O–H groups in total. The van der Waals surface area contributed by atoms with Gasteiger partial charge in [-0.15, -0.1) is 0 Å². The topological polar surface area (TPSA) is 48.0 Å². The molecular weight excluding hydrogens is 354 g/mol. The fourth-order valence-electron chi connectivity index (χ4n) is 8.30. The molecule has 0 aromatic heterocycles. The van der Waals surface area contributed by atoms with Crippen molar-refractivity contribution in [3.05, 3.63) is 23.3 Å². The molecule has 0 unspecified atom stereocenters. The molecule has 4 bridgehead atoms. The van der Waals surface area contributed by atoms with E-state index in [1.165, 1.54) is 11.1 Å². The number of nitrogens with zero attached hydrogens (tertiary/aromatic N) is 1. The summed E-state index contributed by atoms with van der Waals surface area (Å²) in [5.74, 6) is 1.89. The van der Waals surface area contributed by atoms with Crippen molar-refractivity contribution < 1.29 is 19.0 Å². The zero-order valence-electron chi connectivity index (χ0n) is 17.2. The highest BCUT2D eigenvalue weighted by molar-refractivity contribution is 5.81. The number of benzene rings is 1. The first-order valence-corrected chi connectivity index (χ1v) is 10.6. The summed E-state index contributed by atoms with van der Waals surface area (Å²) in [7, 11) is 5.77. The van der Waals surface area contributed by atoms with Crippen LogP contribution in [0.5, 0.6) is 11.5 Å². The van der Waals surface area contributed by atoms with Gasteiger partial charge >= 0.3 is 0 Å². The Kier molecular flexibility index (Phi) is 3.16. The largest absolute Gasteiger partial charge is 0.493 e. The predicted octanol–water partition coefficient (Wildman–Crippen LogP) is 2.73. The zero-order valence-corrected chi connectivity index (χ0v) is 17.2. The second-order valence-electron chi connectivity index (χ2n) is 9.73. The van der Waals surface area contributed by atoms with Crippen molar-refractivity contribution in [1.29, 1.82) is 0 Å². The number of ether oxygens (including phenoxy) is 3. The van der Waals surface area contributed by atoms with E-state index in [1.807, 2.05) is 0 Å². The van der Waals surface area contributed by atoms with Crippen LogP contribution < -0.4 is 9.47 Å². The number of Topliss-reactive ketones (excluding diaryl/α,β-unsaturated/α-hetero) is 1. The Morgan fingerprint density at radius 2 is 2.07 bits per heavy atom. The van der Waals surface area contributed by atoms with Gasteiger partial charge in [0, 0.05) is 29.5 Å². The van der Waals surface area contributed by atoms with Gasteiger partial charge in [0.1, 0.15) is 17.5 Å². The highest BCUT2D eigenvalue weighted by Crippen LogP contribution is 2.76. The molecule has 6 aliphatic rings. The number of likely N-dealkylation sites (tertiary alicyclic amines) is 1. The monoisotopic (exact) mass is 383 g/mol. The van der Waals surface area contributed by atoms with E-state index < -0.39 is 5.60 Å². The second kappa shape index (κ2) is 5.11. The van der Waals surface area contributed by atoms with Gasteiger partial charge in [-0.3, -0.25) is 4.79 Å². The van der Waals surface area contributed by atoms with Crippen molar-refractivity contribution >= 4 is 5.78 Å². The molecule has 6 atom stereocenters. The Labute approximate surface area is 166 Å². The molecule has 28 heavy (non-hydrogen) atoms. The first kappa shape index (κ1) is 17.3. The van der Waals surface area contributed by atoms with E-state index in [9.17, 15) is 4.79 Å². The third kappa shape index (κ3) is 1.53. The Hall–Kier alpha value is -1.59. The van der Waals surface area contributed by atoms with Crippen LogP contribution in [0.25, 0.3) is 0 Å². The van der Waals surface area contributed by atoms with Crippen molar-refractivity contribution in [2.24, 2.45) is 11.3 Å². The fourth-order valence-corrected chi connectivity index (χ4v) is 8.30. The van der Waals surface area contributed by atoms with Gasteiger partial charge in [0.25, 0.3) is 0 Å². The molecule has 2 spiro atoms. The predicted molar refractivity (Wildman–Crippen MR) is 104 cm³/mol. The van der Waals surface area contributed by atoms with Crippen LogP contribution in [0.1, 0.15) is 43.7 Å². The number of fused-ring (bicyclic) bond motifs is 2. The molecule has 4 aliphatic carbocycles. The van der Waals surface area contributed by atoms with Crippen molar-refractivity contribution in [2.75, 3.05) is 27.8 Å². The van der Waals surface area contributed by atoms with Crippen LogP contribution >= 0.6 is 0 Å². The molecule has 1 aromatic rings. The van der Waals surface area contributed by atoms with E-state index in [0.29, 0.717) is 6.04 Å². The van der Waals surface area contributed by atoms with Gasteiger partial charge in [0.2, 0.25) is 0 Å². The molecule has 3 saturated carbocycles. The first-order chi connectivity index (χ1) is 13.4. The zero-order chi connectivity index (χ0) is 19.5. The first-order valence-electron chi connectivity index (χ1n) is 10.6. The quantitative estimate of drug-likeness (QED) is 0.803. The molecule has 4 fully saturated rings. The van der Waals surface area contributed by atoms with E-state index in [2.05, 4.69) is 24.1 Å². The van der Waals surface area contributed by atoms with Gasteiger partial charge < -0.3 is 19.1 Å². The maximum absolute atomic E-state index is 12.8. The van der Waals surface area contributed by atoms with Crippen molar-refractivity contribution in [1.82, 2.24) is 4.90 Å². The SMILES string of the molecule is COc1ccc2c3c1O[C@@H]1[C@@]4(OC)CC[C@]5(C[C@@H]4C(C)=O)[C@@H](C2)N(C)CC[C@]315. The third-order valence-corrected chi connectivity index (χ3v) is 9.32. The standard InChI is InChI=1S/C23H29NO4/c1-13(25)15-12-21-7-8-23(15,27-4)20-22(21)9-10-24(2)17(21)11-14-5-6-16(26-3)19(28-20)18(14)22/h5-6,15,17,20H,7-12H2,1-4H3/t15-,17-,20+,21+,22+,23-/m1/s1. The highest BCUT2D eigenvalue weighted by Gasteiger charge is 2.80. The van der Waals surface area contributed by atoms with Gasteiger partial charge in [-0.2, -0.15) is 0 Å². The van der Waals surface area contributed by atoms with Crippen LogP contribution in [-0.4, -0.2) is 56.2 Å². The number of carbonyl (C=O) groups is 1. The van der Waals surface area contributed by atoms with E-state index in [0.717, 1.165) is 50.1 Å². The Balaban J connectivity index is 1.69. The molecule has 2 aliphatic heterocycles. The molecule has 150 valence electrons. The van der Waals surface area contributed by atoms with E-state index in [1.54, 1.807) is 21.1 Å². The van der Waals surface area contributed by atoms with Crippen LogP contribution in [0.2, 0.25) is 0 Å².